The minimum atomic E-state index is -3.42. The number of hydrogen-bond donors (Lipinski definition) is 1. The molecule has 2 aliphatic rings. The van der Waals surface area contributed by atoms with Crippen molar-refractivity contribution < 1.29 is 13.6 Å². The highest BCUT2D eigenvalue weighted by Crippen LogP contribution is 2.46. The Balaban J connectivity index is 2.05. The van der Waals surface area contributed by atoms with Crippen molar-refractivity contribution in [1.82, 2.24) is 0 Å². The molecular weight excluding hydrogens is 250 g/mol. The molecule has 0 spiro atoms. The Kier molecular flexibility index (Phi) is 2.66. The molecule has 0 saturated heterocycles. The summed E-state index contributed by atoms with van der Waals surface area (Å²) in [6.45, 7) is 0. The molecule has 1 aromatic carbocycles. The summed E-state index contributed by atoms with van der Waals surface area (Å²) in [5.41, 5.74) is 0.468. The lowest BCUT2D eigenvalue weighted by Crippen LogP contribution is -2.35. The van der Waals surface area contributed by atoms with Gasteiger partial charge in [-0.2, -0.15) is 0 Å². The average molecular weight is 265 g/mol. The first-order valence-corrected chi connectivity index (χ1v) is 7.70. The Morgan fingerprint density at radius 1 is 1.17 bits per heavy atom. The zero-order valence-electron chi connectivity index (χ0n) is 9.86. The van der Waals surface area contributed by atoms with E-state index >= 15 is 0 Å². The van der Waals surface area contributed by atoms with E-state index in [2.05, 4.69) is 5.16 Å². The summed E-state index contributed by atoms with van der Waals surface area (Å²) in [4.78, 5) is 0.323. The smallest absolute Gasteiger partial charge is 0.187 e. The molecule has 96 valence electrons. The number of oxime groups is 1. The predicted molar refractivity (Wildman–Crippen MR) is 67.5 cm³/mol. The van der Waals surface area contributed by atoms with Crippen molar-refractivity contribution in [3.8, 4) is 0 Å². The standard InChI is InChI=1S/C13H15NO3S/c15-14-12-9-6-7-10(8-9)13(12)18(16,17)11-4-2-1-3-5-11/h1-5,9-10,13,15H,6-8H2/b14-12+/t9-,10-,13+/m0/s1. The Bertz CT molecular complexity index is 580. The van der Waals surface area contributed by atoms with E-state index in [-0.39, 0.29) is 11.8 Å². The lowest BCUT2D eigenvalue weighted by atomic mass is 9.98. The van der Waals surface area contributed by atoms with Gasteiger partial charge in [-0.3, -0.25) is 0 Å². The molecule has 0 aliphatic heterocycles. The third-order valence-electron chi connectivity index (χ3n) is 4.13. The normalized spacial score (nSPS) is 33.1. The number of hydrogen-bond acceptors (Lipinski definition) is 4. The average Bonchev–Trinajstić information content (AvgIpc) is 2.99. The Labute approximate surface area is 106 Å². The SMILES string of the molecule is O=S(=O)(c1ccccc1)[C@H]1/C(=N/O)[C@H]2CC[C@H]1C2. The predicted octanol–water partition coefficient (Wildman–Crippen LogP) is 2.09. The second kappa shape index (κ2) is 4.09. The van der Waals surface area contributed by atoms with Gasteiger partial charge in [0.2, 0.25) is 0 Å². The molecule has 2 saturated carbocycles. The van der Waals surface area contributed by atoms with Crippen LogP contribution >= 0.6 is 0 Å². The third kappa shape index (κ3) is 1.57. The van der Waals surface area contributed by atoms with Gasteiger partial charge in [-0.1, -0.05) is 23.4 Å². The van der Waals surface area contributed by atoms with Crippen LogP contribution in [0.4, 0.5) is 0 Å². The van der Waals surface area contributed by atoms with Crippen LogP contribution in [0.25, 0.3) is 0 Å². The summed E-state index contributed by atoms with van der Waals surface area (Å²) in [6, 6.07) is 8.44. The van der Waals surface area contributed by atoms with Crippen molar-refractivity contribution in [1.29, 1.82) is 0 Å². The van der Waals surface area contributed by atoms with Gasteiger partial charge < -0.3 is 5.21 Å². The molecular formula is C13H15NO3S. The number of sulfone groups is 1. The Hall–Kier alpha value is -1.36. The maximum absolute atomic E-state index is 12.6. The van der Waals surface area contributed by atoms with Crippen molar-refractivity contribution in [2.45, 2.75) is 29.4 Å². The maximum Gasteiger partial charge on any atom is 0.187 e. The highest BCUT2D eigenvalue weighted by Gasteiger charge is 2.51. The van der Waals surface area contributed by atoms with Gasteiger partial charge in [-0.15, -0.1) is 0 Å². The molecule has 3 atom stereocenters. The van der Waals surface area contributed by atoms with Crippen molar-refractivity contribution in [3.05, 3.63) is 30.3 Å². The van der Waals surface area contributed by atoms with Gasteiger partial charge in [-0.25, -0.2) is 8.42 Å². The van der Waals surface area contributed by atoms with Crippen LogP contribution in [0.2, 0.25) is 0 Å². The first-order valence-electron chi connectivity index (χ1n) is 6.15. The van der Waals surface area contributed by atoms with Crippen LogP contribution in [-0.2, 0) is 9.84 Å². The van der Waals surface area contributed by atoms with E-state index in [0.717, 1.165) is 19.3 Å². The topological polar surface area (TPSA) is 66.7 Å². The zero-order valence-corrected chi connectivity index (χ0v) is 10.7. The van der Waals surface area contributed by atoms with Crippen molar-refractivity contribution >= 4 is 15.5 Å². The number of rotatable bonds is 2. The van der Waals surface area contributed by atoms with E-state index in [9.17, 15) is 8.42 Å². The van der Waals surface area contributed by atoms with Crippen LogP contribution in [0.5, 0.6) is 0 Å². The zero-order chi connectivity index (χ0) is 12.8. The van der Waals surface area contributed by atoms with E-state index in [1.54, 1.807) is 30.3 Å². The summed E-state index contributed by atoms with van der Waals surface area (Å²) in [6.07, 6.45) is 2.71. The van der Waals surface area contributed by atoms with Crippen LogP contribution in [0.15, 0.2) is 40.4 Å². The maximum atomic E-state index is 12.6. The molecule has 2 aliphatic carbocycles. The molecule has 2 bridgehead atoms. The fourth-order valence-electron chi connectivity index (χ4n) is 3.34. The van der Waals surface area contributed by atoms with Gasteiger partial charge in [-0.05, 0) is 37.3 Å². The highest BCUT2D eigenvalue weighted by atomic mass is 32.2. The van der Waals surface area contributed by atoms with E-state index in [1.807, 2.05) is 0 Å². The molecule has 0 amide bonds. The van der Waals surface area contributed by atoms with Crippen molar-refractivity contribution in [3.63, 3.8) is 0 Å². The summed E-state index contributed by atoms with van der Waals surface area (Å²) < 4.78 is 25.2. The second-order valence-corrected chi connectivity index (χ2v) is 7.14. The third-order valence-corrected chi connectivity index (χ3v) is 6.36. The van der Waals surface area contributed by atoms with Crippen LogP contribution in [0, 0.1) is 11.8 Å². The molecule has 0 unspecified atom stereocenters. The van der Waals surface area contributed by atoms with Gasteiger partial charge in [0.1, 0.15) is 5.25 Å². The molecule has 18 heavy (non-hydrogen) atoms. The van der Waals surface area contributed by atoms with E-state index in [4.69, 9.17) is 5.21 Å². The van der Waals surface area contributed by atoms with Gasteiger partial charge in [0.25, 0.3) is 0 Å². The highest BCUT2D eigenvalue weighted by molar-refractivity contribution is 7.92. The molecule has 0 aromatic heterocycles. The number of nitrogens with zero attached hydrogens (tertiary/aromatic N) is 1. The lowest BCUT2D eigenvalue weighted by Gasteiger charge is -2.22. The molecule has 1 aromatic rings. The molecule has 1 N–H and O–H groups in total. The summed E-state index contributed by atoms with van der Waals surface area (Å²) >= 11 is 0. The largest absolute Gasteiger partial charge is 0.411 e. The first-order chi connectivity index (χ1) is 8.64. The van der Waals surface area contributed by atoms with Gasteiger partial charge >= 0.3 is 0 Å². The molecule has 0 radical (unpaired) electrons. The van der Waals surface area contributed by atoms with Crippen LogP contribution in [0.1, 0.15) is 19.3 Å². The summed E-state index contributed by atoms with van der Waals surface area (Å²) in [7, 11) is -3.42. The monoisotopic (exact) mass is 265 g/mol. The van der Waals surface area contributed by atoms with E-state index in [1.165, 1.54) is 0 Å². The minimum absolute atomic E-state index is 0.117. The summed E-state index contributed by atoms with van der Waals surface area (Å²) in [5.74, 6) is 0.273. The quantitative estimate of drug-likeness (QED) is 0.657. The molecule has 0 heterocycles. The Morgan fingerprint density at radius 3 is 2.56 bits per heavy atom. The van der Waals surface area contributed by atoms with Gasteiger partial charge in [0, 0.05) is 5.92 Å². The van der Waals surface area contributed by atoms with Crippen LogP contribution < -0.4 is 0 Å². The van der Waals surface area contributed by atoms with Gasteiger partial charge in [0.05, 0.1) is 10.6 Å². The molecule has 5 heteroatoms. The molecule has 4 nitrogen and oxygen atoms in total. The minimum Gasteiger partial charge on any atom is -0.411 e. The van der Waals surface area contributed by atoms with Gasteiger partial charge in [0.15, 0.2) is 9.84 Å². The summed E-state index contributed by atoms with van der Waals surface area (Å²) in [5, 5.41) is 11.8. The molecule has 3 rings (SSSR count). The molecule has 2 fully saturated rings. The van der Waals surface area contributed by atoms with Crippen LogP contribution in [-0.4, -0.2) is 24.6 Å². The Morgan fingerprint density at radius 2 is 1.89 bits per heavy atom. The fourth-order valence-corrected chi connectivity index (χ4v) is 5.48. The lowest BCUT2D eigenvalue weighted by molar-refractivity contribution is 0.313. The number of fused-ring (bicyclic) bond motifs is 2. The van der Waals surface area contributed by atoms with Crippen LogP contribution in [0.3, 0.4) is 0 Å². The second-order valence-electron chi connectivity index (χ2n) is 5.07. The fraction of sp³-hybridized carbons (Fsp3) is 0.462. The first kappa shape index (κ1) is 11.7. The van der Waals surface area contributed by atoms with E-state index in [0.29, 0.717) is 10.6 Å². The van der Waals surface area contributed by atoms with Crippen molar-refractivity contribution in [2.24, 2.45) is 17.0 Å². The van der Waals surface area contributed by atoms with Crippen molar-refractivity contribution in [2.75, 3.05) is 0 Å². The van der Waals surface area contributed by atoms with E-state index < -0.39 is 15.1 Å². The number of benzene rings is 1.